The molecule has 0 bridgehead atoms. The van der Waals surface area contributed by atoms with Crippen LogP contribution in [0.3, 0.4) is 0 Å². The molecule has 0 unspecified atom stereocenters. The highest BCUT2D eigenvalue weighted by Gasteiger charge is 1.99. The van der Waals surface area contributed by atoms with Crippen molar-refractivity contribution in [2.45, 2.75) is 32.1 Å². The van der Waals surface area contributed by atoms with E-state index in [4.69, 9.17) is 5.11 Å². The normalized spacial score (nSPS) is 10.2. The fraction of sp³-hybridized carbons (Fsp3) is 0.500. The Morgan fingerprint density at radius 3 is 2.59 bits per heavy atom. The van der Waals surface area contributed by atoms with Gasteiger partial charge in [-0.3, -0.25) is 4.79 Å². The second-order valence-electron chi connectivity index (χ2n) is 4.12. The summed E-state index contributed by atoms with van der Waals surface area (Å²) in [6.45, 7) is 0.378. The van der Waals surface area contributed by atoms with Crippen molar-refractivity contribution >= 4 is 5.91 Å². The number of unbranched alkanes of at least 4 members (excludes halogenated alkanes) is 2. The maximum atomic E-state index is 11.2. The lowest BCUT2D eigenvalue weighted by Gasteiger charge is -2.03. The maximum absolute atomic E-state index is 11.2. The second-order valence-corrected chi connectivity index (χ2v) is 4.12. The standard InChI is InChI=1S/C14H21NO2/c16-12-11-15-14(17)10-6-2-5-9-13-7-3-1-4-8-13/h1,3-4,7-8,16H,2,5-6,9-12H2,(H,15,17). The van der Waals surface area contributed by atoms with Crippen molar-refractivity contribution in [1.82, 2.24) is 5.32 Å². The fourth-order valence-electron chi connectivity index (χ4n) is 1.72. The maximum Gasteiger partial charge on any atom is 0.220 e. The zero-order chi connectivity index (χ0) is 12.3. The summed E-state index contributed by atoms with van der Waals surface area (Å²) in [7, 11) is 0. The average Bonchev–Trinajstić information content (AvgIpc) is 2.37. The van der Waals surface area contributed by atoms with Crippen molar-refractivity contribution < 1.29 is 9.90 Å². The lowest BCUT2D eigenvalue weighted by atomic mass is 10.1. The average molecular weight is 235 g/mol. The van der Waals surface area contributed by atoms with Gasteiger partial charge in [-0.15, -0.1) is 0 Å². The second kappa shape index (κ2) is 8.76. The minimum atomic E-state index is 0.0136. The molecule has 0 spiro atoms. The van der Waals surface area contributed by atoms with Gasteiger partial charge in [0.2, 0.25) is 5.91 Å². The summed E-state index contributed by atoms with van der Waals surface area (Å²) < 4.78 is 0. The van der Waals surface area contributed by atoms with Gasteiger partial charge >= 0.3 is 0 Å². The van der Waals surface area contributed by atoms with E-state index in [1.54, 1.807) is 0 Å². The molecule has 94 valence electrons. The highest BCUT2D eigenvalue weighted by atomic mass is 16.3. The van der Waals surface area contributed by atoms with E-state index < -0.39 is 0 Å². The molecular formula is C14H21NO2. The minimum absolute atomic E-state index is 0.0136. The van der Waals surface area contributed by atoms with Crippen LogP contribution in [0.15, 0.2) is 30.3 Å². The summed E-state index contributed by atoms with van der Waals surface area (Å²) >= 11 is 0. The first-order chi connectivity index (χ1) is 8.33. The summed E-state index contributed by atoms with van der Waals surface area (Å²) in [6, 6.07) is 10.4. The Labute approximate surface area is 103 Å². The first kappa shape index (κ1) is 13.7. The molecule has 17 heavy (non-hydrogen) atoms. The monoisotopic (exact) mass is 235 g/mol. The fourth-order valence-corrected chi connectivity index (χ4v) is 1.72. The number of carbonyl (C=O) groups is 1. The number of carbonyl (C=O) groups excluding carboxylic acids is 1. The van der Waals surface area contributed by atoms with Crippen molar-refractivity contribution in [2.24, 2.45) is 0 Å². The van der Waals surface area contributed by atoms with E-state index in [9.17, 15) is 4.79 Å². The predicted molar refractivity (Wildman–Crippen MR) is 68.7 cm³/mol. The van der Waals surface area contributed by atoms with Crippen molar-refractivity contribution in [2.75, 3.05) is 13.2 Å². The van der Waals surface area contributed by atoms with Gasteiger partial charge in [0.1, 0.15) is 0 Å². The molecule has 0 saturated carbocycles. The lowest BCUT2D eigenvalue weighted by molar-refractivity contribution is -0.121. The molecule has 1 rings (SSSR count). The summed E-state index contributed by atoms with van der Waals surface area (Å²) in [5.74, 6) is 0.0405. The molecule has 1 aromatic rings. The number of hydrogen-bond donors (Lipinski definition) is 2. The van der Waals surface area contributed by atoms with Crippen LogP contribution in [-0.2, 0) is 11.2 Å². The third-order valence-corrected chi connectivity index (χ3v) is 2.65. The van der Waals surface area contributed by atoms with Gasteiger partial charge in [0.25, 0.3) is 0 Å². The molecule has 3 heteroatoms. The number of benzene rings is 1. The molecule has 1 amide bonds. The number of aliphatic hydroxyl groups is 1. The molecule has 0 heterocycles. The van der Waals surface area contributed by atoms with Crippen LogP contribution in [0.25, 0.3) is 0 Å². The van der Waals surface area contributed by atoms with Gasteiger partial charge < -0.3 is 10.4 Å². The van der Waals surface area contributed by atoms with Crippen LogP contribution in [0.5, 0.6) is 0 Å². The number of aliphatic hydroxyl groups excluding tert-OH is 1. The summed E-state index contributed by atoms with van der Waals surface area (Å²) in [6.07, 6.45) is 4.76. The van der Waals surface area contributed by atoms with Gasteiger partial charge in [0.05, 0.1) is 6.61 Å². The number of amides is 1. The van der Waals surface area contributed by atoms with E-state index in [0.717, 1.165) is 25.7 Å². The summed E-state index contributed by atoms with van der Waals surface area (Å²) in [5, 5.41) is 11.2. The zero-order valence-electron chi connectivity index (χ0n) is 10.2. The minimum Gasteiger partial charge on any atom is -0.395 e. The van der Waals surface area contributed by atoms with Crippen LogP contribution < -0.4 is 5.32 Å². The molecule has 2 N–H and O–H groups in total. The first-order valence-electron chi connectivity index (χ1n) is 6.24. The number of rotatable bonds is 8. The quantitative estimate of drug-likeness (QED) is 0.676. The molecule has 0 aromatic heterocycles. The van der Waals surface area contributed by atoms with Crippen molar-refractivity contribution in [3.05, 3.63) is 35.9 Å². The SMILES string of the molecule is O=C(CCCCCc1ccccc1)NCCO. The van der Waals surface area contributed by atoms with Gasteiger partial charge in [0, 0.05) is 13.0 Å². The van der Waals surface area contributed by atoms with Gasteiger partial charge in [-0.2, -0.15) is 0 Å². The smallest absolute Gasteiger partial charge is 0.220 e. The van der Waals surface area contributed by atoms with E-state index >= 15 is 0 Å². The van der Waals surface area contributed by atoms with E-state index in [1.165, 1.54) is 5.56 Å². The first-order valence-corrected chi connectivity index (χ1v) is 6.24. The van der Waals surface area contributed by atoms with Crippen molar-refractivity contribution in [3.8, 4) is 0 Å². The molecule has 0 atom stereocenters. The van der Waals surface area contributed by atoms with Crippen LogP contribution in [0.2, 0.25) is 0 Å². The van der Waals surface area contributed by atoms with Crippen LogP contribution in [-0.4, -0.2) is 24.2 Å². The summed E-state index contributed by atoms with van der Waals surface area (Å²) in [4.78, 5) is 11.2. The molecule has 0 radical (unpaired) electrons. The largest absolute Gasteiger partial charge is 0.395 e. The van der Waals surface area contributed by atoms with E-state index in [0.29, 0.717) is 13.0 Å². The Hall–Kier alpha value is -1.35. The van der Waals surface area contributed by atoms with E-state index in [1.807, 2.05) is 6.07 Å². The van der Waals surface area contributed by atoms with Gasteiger partial charge in [0.15, 0.2) is 0 Å². The Bertz CT molecular complexity index is 311. The zero-order valence-corrected chi connectivity index (χ0v) is 10.2. The van der Waals surface area contributed by atoms with Crippen LogP contribution >= 0.6 is 0 Å². The molecule has 0 aliphatic rings. The third kappa shape index (κ3) is 6.74. The number of nitrogens with one attached hydrogen (secondary N) is 1. The Balaban J connectivity index is 1.99. The van der Waals surface area contributed by atoms with Crippen LogP contribution in [0, 0.1) is 0 Å². The van der Waals surface area contributed by atoms with Gasteiger partial charge in [-0.1, -0.05) is 36.8 Å². The van der Waals surface area contributed by atoms with Crippen molar-refractivity contribution in [3.63, 3.8) is 0 Å². The molecule has 0 aliphatic carbocycles. The summed E-state index contributed by atoms with van der Waals surface area (Å²) in [5.41, 5.74) is 1.36. The third-order valence-electron chi connectivity index (χ3n) is 2.65. The molecule has 0 aliphatic heterocycles. The van der Waals surface area contributed by atoms with Gasteiger partial charge in [-0.25, -0.2) is 0 Å². The molecule has 3 nitrogen and oxygen atoms in total. The highest BCUT2D eigenvalue weighted by Crippen LogP contribution is 2.07. The van der Waals surface area contributed by atoms with Crippen molar-refractivity contribution in [1.29, 1.82) is 0 Å². The van der Waals surface area contributed by atoms with Gasteiger partial charge in [-0.05, 0) is 24.8 Å². The molecule has 0 saturated heterocycles. The highest BCUT2D eigenvalue weighted by molar-refractivity contribution is 5.75. The Kier molecular flexibility index (Phi) is 7.07. The number of hydrogen-bond acceptors (Lipinski definition) is 2. The Morgan fingerprint density at radius 1 is 1.12 bits per heavy atom. The van der Waals surface area contributed by atoms with Crippen LogP contribution in [0.4, 0.5) is 0 Å². The number of aryl methyl sites for hydroxylation is 1. The van der Waals surface area contributed by atoms with E-state index in [-0.39, 0.29) is 12.5 Å². The molecule has 1 aromatic carbocycles. The Morgan fingerprint density at radius 2 is 1.88 bits per heavy atom. The molecule has 0 fully saturated rings. The van der Waals surface area contributed by atoms with E-state index in [2.05, 4.69) is 29.6 Å². The lowest BCUT2D eigenvalue weighted by Crippen LogP contribution is -2.25. The molecular weight excluding hydrogens is 214 g/mol. The predicted octanol–water partition coefficient (Wildman–Crippen LogP) is 1.90. The topological polar surface area (TPSA) is 49.3 Å². The van der Waals surface area contributed by atoms with Crippen LogP contribution in [0.1, 0.15) is 31.2 Å².